The van der Waals surface area contributed by atoms with Gasteiger partial charge in [0.05, 0.1) is 12.0 Å². The molecule has 0 saturated carbocycles. The highest BCUT2D eigenvalue weighted by Crippen LogP contribution is 2.17. The van der Waals surface area contributed by atoms with E-state index in [0.29, 0.717) is 12.3 Å². The first kappa shape index (κ1) is 18.7. The van der Waals surface area contributed by atoms with Crippen molar-refractivity contribution in [1.82, 2.24) is 15.4 Å². The summed E-state index contributed by atoms with van der Waals surface area (Å²) in [7, 11) is -2.28. The van der Waals surface area contributed by atoms with E-state index in [0.717, 1.165) is 13.0 Å². The Labute approximate surface area is 143 Å². The van der Waals surface area contributed by atoms with Crippen molar-refractivity contribution < 1.29 is 17.9 Å². The molecule has 1 aromatic carbocycles. The van der Waals surface area contributed by atoms with Crippen molar-refractivity contribution in [2.75, 3.05) is 20.2 Å². The number of carbonyl (C=O) groups excluding carboxylic acids is 1. The molecule has 0 bridgehead atoms. The highest BCUT2D eigenvalue weighted by Gasteiger charge is 2.30. The van der Waals surface area contributed by atoms with E-state index in [1.807, 2.05) is 13.8 Å². The molecular weight excluding hydrogens is 330 g/mol. The standard InChI is InChI=1S/C16H25N3O4S/c1-11(2)15(16(20)18-12-8-9-17-10-12)19-24(21,22)14-6-4-13(23-3)5-7-14/h4-7,11-12,15,17,19H,8-10H2,1-3H3,(H,18,20). The van der Waals surface area contributed by atoms with Gasteiger partial charge in [0.15, 0.2) is 0 Å². The van der Waals surface area contributed by atoms with E-state index in [2.05, 4.69) is 15.4 Å². The molecule has 1 amide bonds. The van der Waals surface area contributed by atoms with Crippen LogP contribution in [-0.4, -0.2) is 46.6 Å². The van der Waals surface area contributed by atoms with Gasteiger partial charge in [0.1, 0.15) is 11.8 Å². The zero-order chi connectivity index (χ0) is 17.7. The smallest absolute Gasteiger partial charge is 0.241 e. The van der Waals surface area contributed by atoms with Crippen LogP contribution in [0.2, 0.25) is 0 Å². The maximum absolute atomic E-state index is 12.5. The number of benzene rings is 1. The Morgan fingerprint density at radius 1 is 1.29 bits per heavy atom. The summed E-state index contributed by atoms with van der Waals surface area (Å²) in [4.78, 5) is 12.6. The highest BCUT2D eigenvalue weighted by molar-refractivity contribution is 7.89. The third kappa shape index (κ3) is 4.68. The SMILES string of the molecule is COc1ccc(S(=O)(=O)NC(C(=O)NC2CCNC2)C(C)C)cc1. The molecular formula is C16H25N3O4S. The summed E-state index contributed by atoms with van der Waals surface area (Å²) < 4.78 is 32.6. The van der Waals surface area contributed by atoms with Crippen molar-refractivity contribution in [3.63, 3.8) is 0 Å². The molecule has 2 atom stereocenters. The van der Waals surface area contributed by atoms with Crippen LogP contribution in [0.4, 0.5) is 0 Å². The summed E-state index contributed by atoms with van der Waals surface area (Å²) >= 11 is 0. The lowest BCUT2D eigenvalue weighted by molar-refractivity contribution is -0.124. The van der Waals surface area contributed by atoms with Gasteiger partial charge in [-0.05, 0) is 43.1 Å². The number of nitrogens with one attached hydrogen (secondary N) is 3. The van der Waals surface area contributed by atoms with Gasteiger partial charge >= 0.3 is 0 Å². The molecule has 0 aromatic heterocycles. The molecule has 0 spiro atoms. The van der Waals surface area contributed by atoms with E-state index < -0.39 is 16.1 Å². The predicted octanol–water partition coefficient (Wildman–Crippen LogP) is 0.476. The minimum atomic E-state index is -3.79. The zero-order valence-electron chi connectivity index (χ0n) is 14.2. The number of methoxy groups -OCH3 is 1. The van der Waals surface area contributed by atoms with E-state index >= 15 is 0 Å². The first-order valence-electron chi connectivity index (χ1n) is 8.01. The lowest BCUT2D eigenvalue weighted by Crippen LogP contribution is -2.52. The first-order chi connectivity index (χ1) is 11.3. The third-order valence-electron chi connectivity index (χ3n) is 4.01. The van der Waals surface area contributed by atoms with Crippen LogP contribution in [0.5, 0.6) is 5.75 Å². The van der Waals surface area contributed by atoms with Crippen molar-refractivity contribution in [2.45, 2.75) is 37.2 Å². The summed E-state index contributed by atoms with van der Waals surface area (Å²) in [5.41, 5.74) is 0. The van der Waals surface area contributed by atoms with Gasteiger partial charge in [-0.2, -0.15) is 4.72 Å². The van der Waals surface area contributed by atoms with Crippen molar-refractivity contribution >= 4 is 15.9 Å². The summed E-state index contributed by atoms with van der Waals surface area (Å²) in [5, 5.41) is 6.07. The molecule has 2 unspecified atom stereocenters. The first-order valence-corrected chi connectivity index (χ1v) is 9.49. The molecule has 1 fully saturated rings. The van der Waals surface area contributed by atoms with Crippen LogP contribution in [0, 0.1) is 5.92 Å². The Bertz CT molecular complexity index is 652. The molecule has 1 aliphatic rings. The zero-order valence-corrected chi connectivity index (χ0v) is 15.0. The monoisotopic (exact) mass is 355 g/mol. The van der Waals surface area contributed by atoms with Crippen LogP contribution in [0.3, 0.4) is 0 Å². The predicted molar refractivity (Wildman–Crippen MR) is 91.4 cm³/mol. The topological polar surface area (TPSA) is 96.5 Å². The number of hydrogen-bond acceptors (Lipinski definition) is 5. The second-order valence-electron chi connectivity index (χ2n) is 6.22. The Balaban J connectivity index is 2.11. The summed E-state index contributed by atoms with van der Waals surface area (Å²) in [6.07, 6.45) is 0.849. The maximum Gasteiger partial charge on any atom is 0.241 e. The molecule has 8 heteroatoms. The highest BCUT2D eigenvalue weighted by atomic mass is 32.2. The number of sulfonamides is 1. The number of ether oxygens (including phenoxy) is 1. The molecule has 3 N–H and O–H groups in total. The van der Waals surface area contributed by atoms with Crippen LogP contribution in [0.25, 0.3) is 0 Å². The second-order valence-corrected chi connectivity index (χ2v) is 7.93. The number of amides is 1. The third-order valence-corrected chi connectivity index (χ3v) is 5.46. The van der Waals surface area contributed by atoms with Crippen molar-refractivity contribution in [2.24, 2.45) is 5.92 Å². The minimum absolute atomic E-state index is 0.0456. The Morgan fingerprint density at radius 2 is 1.96 bits per heavy atom. The van der Waals surface area contributed by atoms with Gasteiger partial charge in [0.2, 0.25) is 15.9 Å². The average molecular weight is 355 g/mol. The molecule has 1 aliphatic heterocycles. The average Bonchev–Trinajstić information content (AvgIpc) is 3.05. The molecule has 7 nitrogen and oxygen atoms in total. The molecule has 2 rings (SSSR count). The number of rotatable bonds is 7. The molecule has 1 saturated heterocycles. The number of hydrogen-bond donors (Lipinski definition) is 3. The summed E-state index contributed by atoms with van der Waals surface area (Å²) in [6.45, 7) is 5.19. The molecule has 1 heterocycles. The van der Waals surface area contributed by atoms with E-state index in [-0.39, 0.29) is 22.8 Å². The van der Waals surface area contributed by atoms with Gasteiger partial charge in [0.25, 0.3) is 0 Å². The molecule has 0 radical (unpaired) electrons. The minimum Gasteiger partial charge on any atom is -0.497 e. The van der Waals surface area contributed by atoms with Gasteiger partial charge in [-0.1, -0.05) is 13.8 Å². The lowest BCUT2D eigenvalue weighted by Gasteiger charge is -2.23. The lowest BCUT2D eigenvalue weighted by atomic mass is 10.0. The maximum atomic E-state index is 12.5. The van der Waals surface area contributed by atoms with Crippen molar-refractivity contribution in [1.29, 1.82) is 0 Å². The number of carbonyl (C=O) groups is 1. The summed E-state index contributed by atoms with van der Waals surface area (Å²) in [5.74, 6) is 0.101. The van der Waals surface area contributed by atoms with E-state index in [1.54, 1.807) is 12.1 Å². The Morgan fingerprint density at radius 3 is 2.46 bits per heavy atom. The van der Waals surface area contributed by atoms with E-state index in [4.69, 9.17) is 4.74 Å². The van der Waals surface area contributed by atoms with Gasteiger partial charge in [-0.25, -0.2) is 8.42 Å². The van der Waals surface area contributed by atoms with E-state index in [1.165, 1.54) is 19.2 Å². The molecule has 1 aromatic rings. The van der Waals surface area contributed by atoms with Crippen LogP contribution in [-0.2, 0) is 14.8 Å². The van der Waals surface area contributed by atoms with Crippen LogP contribution < -0.4 is 20.1 Å². The second kappa shape index (κ2) is 7.96. The fourth-order valence-corrected chi connectivity index (χ4v) is 3.90. The van der Waals surface area contributed by atoms with Crippen LogP contribution >= 0.6 is 0 Å². The van der Waals surface area contributed by atoms with Crippen LogP contribution in [0.15, 0.2) is 29.2 Å². The van der Waals surface area contributed by atoms with Crippen molar-refractivity contribution in [3.8, 4) is 5.75 Å². The molecule has 0 aliphatic carbocycles. The van der Waals surface area contributed by atoms with Gasteiger partial charge in [-0.3, -0.25) is 4.79 Å². The normalized spacial score (nSPS) is 19.2. The van der Waals surface area contributed by atoms with Gasteiger partial charge < -0.3 is 15.4 Å². The molecule has 24 heavy (non-hydrogen) atoms. The molecule has 134 valence electrons. The quantitative estimate of drug-likeness (QED) is 0.661. The van der Waals surface area contributed by atoms with E-state index in [9.17, 15) is 13.2 Å². The fourth-order valence-electron chi connectivity index (χ4n) is 2.55. The summed E-state index contributed by atoms with van der Waals surface area (Å²) in [6, 6.07) is 5.28. The Hall–Kier alpha value is -1.64. The Kier molecular flexibility index (Phi) is 6.20. The van der Waals surface area contributed by atoms with Gasteiger partial charge in [-0.15, -0.1) is 0 Å². The van der Waals surface area contributed by atoms with Crippen molar-refractivity contribution in [3.05, 3.63) is 24.3 Å². The van der Waals surface area contributed by atoms with Gasteiger partial charge in [0, 0.05) is 12.6 Å². The van der Waals surface area contributed by atoms with Crippen LogP contribution in [0.1, 0.15) is 20.3 Å². The fraction of sp³-hybridized carbons (Fsp3) is 0.562. The largest absolute Gasteiger partial charge is 0.497 e.